The number of nitrogens with zero attached hydrogens (tertiary/aromatic N) is 2. The molecule has 3 N–H and O–H groups in total. The molecular formula is C22H18BrFN4O3. The van der Waals surface area contributed by atoms with Crippen LogP contribution in [0.4, 0.5) is 4.39 Å². The molecule has 0 bridgehead atoms. The van der Waals surface area contributed by atoms with Gasteiger partial charge in [-0.3, -0.25) is 5.10 Å². The first-order valence-corrected chi connectivity index (χ1v) is 10.1. The van der Waals surface area contributed by atoms with Gasteiger partial charge in [-0.1, -0.05) is 12.1 Å². The molecule has 0 amide bonds. The Labute approximate surface area is 186 Å². The lowest BCUT2D eigenvalue weighted by atomic mass is 9.84. The smallest absolute Gasteiger partial charge is 0.244 e. The molecule has 0 saturated carbocycles. The number of nitrogens with one attached hydrogen (secondary N) is 1. The van der Waals surface area contributed by atoms with E-state index < -0.39 is 5.92 Å². The van der Waals surface area contributed by atoms with Crippen LogP contribution in [0.15, 0.2) is 52.3 Å². The first-order valence-electron chi connectivity index (χ1n) is 9.30. The van der Waals surface area contributed by atoms with Gasteiger partial charge >= 0.3 is 0 Å². The minimum Gasteiger partial charge on any atom is -0.493 e. The lowest BCUT2D eigenvalue weighted by Gasteiger charge is -2.25. The third-order valence-electron chi connectivity index (χ3n) is 4.99. The molecule has 0 radical (unpaired) electrons. The van der Waals surface area contributed by atoms with E-state index in [0.29, 0.717) is 27.4 Å². The SMILES string of the molecule is COc1cc(C2C(C#N)=C(N)Oc3n[nH]c(C)c32)cc(Br)c1OCc1cccc(F)c1. The molecule has 1 atom stereocenters. The number of ether oxygens (including phenoxy) is 3. The summed E-state index contributed by atoms with van der Waals surface area (Å²) >= 11 is 3.54. The number of benzene rings is 2. The number of rotatable bonds is 5. The van der Waals surface area contributed by atoms with Gasteiger partial charge in [0.15, 0.2) is 11.5 Å². The quantitative estimate of drug-likeness (QED) is 0.554. The zero-order valence-electron chi connectivity index (χ0n) is 16.7. The van der Waals surface area contributed by atoms with Gasteiger partial charge in [-0.15, -0.1) is 5.10 Å². The van der Waals surface area contributed by atoms with Gasteiger partial charge < -0.3 is 19.9 Å². The molecule has 7 nitrogen and oxygen atoms in total. The molecule has 0 saturated heterocycles. The van der Waals surface area contributed by atoms with E-state index >= 15 is 0 Å². The number of aromatic amines is 1. The fraction of sp³-hybridized carbons (Fsp3) is 0.182. The van der Waals surface area contributed by atoms with Crippen molar-refractivity contribution in [3.63, 3.8) is 0 Å². The summed E-state index contributed by atoms with van der Waals surface area (Å²) in [4.78, 5) is 0. The summed E-state index contributed by atoms with van der Waals surface area (Å²) in [6.07, 6.45) is 0. The molecule has 1 unspecified atom stereocenters. The molecule has 31 heavy (non-hydrogen) atoms. The van der Waals surface area contributed by atoms with E-state index in [2.05, 4.69) is 32.2 Å². The van der Waals surface area contributed by atoms with Crippen LogP contribution in [0.2, 0.25) is 0 Å². The number of hydrogen-bond donors (Lipinski definition) is 2. The van der Waals surface area contributed by atoms with Crippen molar-refractivity contribution in [3.8, 4) is 23.4 Å². The predicted molar refractivity (Wildman–Crippen MR) is 114 cm³/mol. The highest BCUT2D eigenvalue weighted by Gasteiger charge is 2.35. The Kier molecular flexibility index (Phi) is 5.57. The Morgan fingerprint density at radius 3 is 2.87 bits per heavy atom. The maximum atomic E-state index is 13.5. The predicted octanol–water partition coefficient (Wildman–Crippen LogP) is 4.43. The zero-order valence-corrected chi connectivity index (χ0v) is 18.3. The number of nitrogens with two attached hydrogens (primary N) is 1. The van der Waals surface area contributed by atoms with Gasteiger partial charge in [-0.05, 0) is 58.2 Å². The number of allylic oxidation sites excluding steroid dienone is 1. The van der Waals surface area contributed by atoms with E-state index in [0.717, 1.165) is 16.8 Å². The summed E-state index contributed by atoms with van der Waals surface area (Å²) in [5, 5.41) is 16.7. The van der Waals surface area contributed by atoms with Crippen LogP contribution in [0.25, 0.3) is 0 Å². The summed E-state index contributed by atoms with van der Waals surface area (Å²) in [5.74, 6) is 0.429. The molecule has 9 heteroatoms. The number of fused-ring (bicyclic) bond motifs is 1. The van der Waals surface area contributed by atoms with Crippen LogP contribution in [-0.4, -0.2) is 17.3 Å². The van der Waals surface area contributed by atoms with Gasteiger partial charge in [-0.2, -0.15) is 5.26 Å². The van der Waals surface area contributed by atoms with E-state index in [1.54, 1.807) is 18.2 Å². The van der Waals surface area contributed by atoms with Crippen molar-refractivity contribution in [2.45, 2.75) is 19.4 Å². The van der Waals surface area contributed by atoms with Crippen molar-refractivity contribution < 1.29 is 18.6 Å². The second kappa shape index (κ2) is 8.32. The average Bonchev–Trinajstić information content (AvgIpc) is 3.11. The highest BCUT2D eigenvalue weighted by atomic mass is 79.9. The molecule has 1 aromatic heterocycles. The monoisotopic (exact) mass is 484 g/mol. The van der Waals surface area contributed by atoms with Crippen LogP contribution in [0.1, 0.15) is 28.3 Å². The second-order valence-corrected chi connectivity index (χ2v) is 7.80. The molecular weight excluding hydrogens is 467 g/mol. The van der Waals surface area contributed by atoms with E-state index in [9.17, 15) is 9.65 Å². The maximum Gasteiger partial charge on any atom is 0.244 e. The Bertz CT molecular complexity index is 1230. The zero-order chi connectivity index (χ0) is 22.1. The average molecular weight is 485 g/mol. The fourth-order valence-corrected chi connectivity index (χ4v) is 4.13. The van der Waals surface area contributed by atoms with Crippen LogP contribution < -0.4 is 19.9 Å². The van der Waals surface area contributed by atoms with E-state index in [1.807, 2.05) is 13.0 Å². The largest absolute Gasteiger partial charge is 0.493 e. The van der Waals surface area contributed by atoms with Gasteiger partial charge in [-0.25, -0.2) is 4.39 Å². The van der Waals surface area contributed by atoms with Gasteiger partial charge in [0, 0.05) is 11.3 Å². The number of aromatic nitrogens is 2. The lowest BCUT2D eigenvalue weighted by molar-refractivity contribution is 0.282. The molecule has 1 aliphatic heterocycles. The maximum absolute atomic E-state index is 13.5. The number of aryl methyl sites for hydroxylation is 1. The number of hydrogen-bond acceptors (Lipinski definition) is 6. The molecule has 1 aliphatic rings. The minimum absolute atomic E-state index is 0.00743. The first-order chi connectivity index (χ1) is 14.9. The Hall–Kier alpha value is -3.51. The van der Waals surface area contributed by atoms with Crippen molar-refractivity contribution in [2.24, 2.45) is 5.73 Å². The molecule has 158 valence electrons. The van der Waals surface area contributed by atoms with Crippen LogP contribution in [0.5, 0.6) is 17.4 Å². The first kappa shape index (κ1) is 20.8. The van der Waals surface area contributed by atoms with E-state index in [1.165, 1.54) is 19.2 Å². The van der Waals surface area contributed by atoms with Crippen molar-refractivity contribution in [3.05, 3.63) is 80.5 Å². The fourth-order valence-electron chi connectivity index (χ4n) is 3.56. The second-order valence-electron chi connectivity index (χ2n) is 6.94. The molecule has 3 aromatic rings. The third kappa shape index (κ3) is 3.82. The van der Waals surface area contributed by atoms with Crippen molar-refractivity contribution in [1.82, 2.24) is 10.2 Å². The van der Waals surface area contributed by atoms with Crippen LogP contribution >= 0.6 is 15.9 Å². The summed E-state index contributed by atoms with van der Waals surface area (Å²) in [7, 11) is 1.52. The highest BCUT2D eigenvalue weighted by molar-refractivity contribution is 9.10. The Morgan fingerprint density at radius 2 is 2.16 bits per heavy atom. The van der Waals surface area contributed by atoms with Crippen LogP contribution in [0.3, 0.4) is 0 Å². The number of H-pyrrole nitrogens is 1. The summed E-state index contributed by atoms with van der Waals surface area (Å²) < 4.78 is 31.0. The van der Waals surface area contributed by atoms with E-state index in [-0.39, 0.29) is 23.9 Å². The number of nitriles is 1. The van der Waals surface area contributed by atoms with Gasteiger partial charge in [0.05, 0.1) is 17.5 Å². The minimum atomic E-state index is -0.491. The van der Waals surface area contributed by atoms with Gasteiger partial charge in [0.2, 0.25) is 11.8 Å². The molecule has 0 aliphatic carbocycles. The topological polar surface area (TPSA) is 106 Å². The molecule has 2 aromatic carbocycles. The third-order valence-corrected chi connectivity index (χ3v) is 5.58. The highest BCUT2D eigenvalue weighted by Crippen LogP contribution is 2.46. The molecule has 2 heterocycles. The number of halogens is 2. The lowest BCUT2D eigenvalue weighted by Crippen LogP contribution is -2.21. The summed E-state index contributed by atoms with van der Waals surface area (Å²) in [6, 6.07) is 11.9. The molecule has 0 spiro atoms. The van der Waals surface area contributed by atoms with Crippen LogP contribution in [0, 0.1) is 24.1 Å². The summed E-state index contributed by atoms with van der Waals surface area (Å²) in [5.41, 5.74) is 9.19. The Morgan fingerprint density at radius 1 is 1.35 bits per heavy atom. The van der Waals surface area contributed by atoms with Crippen molar-refractivity contribution in [2.75, 3.05) is 7.11 Å². The van der Waals surface area contributed by atoms with Crippen LogP contribution in [-0.2, 0) is 6.61 Å². The van der Waals surface area contributed by atoms with E-state index in [4.69, 9.17) is 19.9 Å². The van der Waals surface area contributed by atoms with Crippen molar-refractivity contribution in [1.29, 1.82) is 5.26 Å². The number of methoxy groups -OCH3 is 1. The molecule has 0 fully saturated rings. The van der Waals surface area contributed by atoms with Gasteiger partial charge in [0.1, 0.15) is 24.1 Å². The summed E-state index contributed by atoms with van der Waals surface area (Å²) in [6.45, 7) is 2.01. The van der Waals surface area contributed by atoms with Gasteiger partial charge in [0.25, 0.3) is 0 Å². The normalized spacial score (nSPS) is 15.1. The Balaban J connectivity index is 1.74. The molecule has 4 rings (SSSR count). The standard InChI is InChI=1S/C22H18BrFN4O3/c1-11-18-19(15(9-25)21(26)31-22(18)28-27-11)13-7-16(23)20(17(8-13)29-2)30-10-12-4-3-5-14(24)6-12/h3-8,19H,10,26H2,1-2H3,(H,27,28). The van der Waals surface area contributed by atoms with Crippen molar-refractivity contribution >= 4 is 15.9 Å².